The normalized spacial score (nSPS) is 12.5. The van der Waals surface area contributed by atoms with Crippen molar-refractivity contribution in [3.05, 3.63) is 28.8 Å². The largest absolute Gasteiger partial charge is 0.480 e. The molecule has 0 aliphatic heterocycles. The Hall–Kier alpha value is -0.710. The maximum atomic E-state index is 10.6. The van der Waals surface area contributed by atoms with E-state index in [4.69, 9.17) is 22.4 Å². The Balaban J connectivity index is 3.08. The van der Waals surface area contributed by atoms with E-state index in [0.717, 1.165) is 4.90 Å². The lowest BCUT2D eigenvalue weighted by Gasteiger charge is -2.08. The van der Waals surface area contributed by atoms with Crippen LogP contribution in [0.15, 0.2) is 23.1 Å². The predicted octanol–water partition coefficient (Wildman–Crippen LogP) is 2.15. The summed E-state index contributed by atoms with van der Waals surface area (Å²) in [4.78, 5) is 11.5. The molecule has 0 amide bonds. The van der Waals surface area contributed by atoms with Crippen LogP contribution in [-0.2, 0) is 4.79 Å². The highest BCUT2D eigenvalue weighted by molar-refractivity contribution is 7.98. The summed E-state index contributed by atoms with van der Waals surface area (Å²) < 4.78 is 0. The summed E-state index contributed by atoms with van der Waals surface area (Å²) in [6, 6.07) is 4.05. The molecule has 0 aliphatic carbocycles. The van der Waals surface area contributed by atoms with Crippen LogP contribution < -0.4 is 5.73 Å². The third-order valence-electron chi connectivity index (χ3n) is 1.75. The Kier molecular flexibility index (Phi) is 3.80. The topological polar surface area (TPSA) is 63.3 Å². The number of thioether (sulfide) groups is 1. The summed E-state index contributed by atoms with van der Waals surface area (Å²) in [6.45, 7) is 0. The third kappa shape index (κ3) is 2.64. The minimum absolute atomic E-state index is 0.503. The van der Waals surface area contributed by atoms with E-state index in [0.29, 0.717) is 10.6 Å². The molecule has 0 bridgehead atoms. The van der Waals surface area contributed by atoms with Gasteiger partial charge in [0.05, 0.1) is 0 Å². The fourth-order valence-corrected chi connectivity index (χ4v) is 1.83. The summed E-state index contributed by atoms with van der Waals surface area (Å²) in [6.07, 6.45) is 1.89. The Morgan fingerprint density at radius 1 is 1.57 bits per heavy atom. The number of rotatable bonds is 3. The van der Waals surface area contributed by atoms with Gasteiger partial charge in [-0.15, -0.1) is 11.8 Å². The van der Waals surface area contributed by atoms with E-state index >= 15 is 0 Å². The molecule has 14 heavy (non-hydrogen) atoms. The summed E-state index contributed by atoms with van der Waals surface area (Å²) >= 11 is 7.31. The van der Waals surface area contributed by atoms with Crippen molar-refractivity contribution in [3.63, 3.8) is 0 Å². The van der Waals surface area contributed by atoms with Crippen molar-refractivity contribution in [2.75, 3.05) is 6.26 Å². The minimum Gasteiger partial charge on any atom is -0.480 e. The molecule has 0 fully saturated rings. The molecule has 5 heteroatoms. The van der Waals surface area contributed by atoms with Crippen LogP contribution >= 0.6 is 23.4 Å². The first-order valence-electron chi connectivity index (χ1n) is 3.87. The number of aliphatic carboxylic acids is 1. The van der Waals surface area contributed by atoms with Crippen LogP contribution in [0, 0.1) is 0 Å². The van der Waals surface area contributed by atoms with E-state index in [1.165, 1.54) is 11.8 Å². The summed E-state index contributed by atoms with van der Waals surface area (Å²) in [5, 5.41) is 9.22. The molecule has 1 aromatic rings. The van der Waals surface area contributed by atoms with Gasteiger partial charge in [-0.1, -0.05) is 11.6 Å². The molecule has 3 nitrogen and oxygen atoms in total. The van der Waals surface area contributed by atoms with E-state index in [2.05, 4.69) is 0 Å². The molecular formula is C9H10ClNO2S. The van der Waals surface area contributed by atoms with Gasteiger partial charge in [0, 0.05) is 9.92 Å². The third-order valence-corrected chi connectivity index (χ3v) is 2.68. The number of halogens is 1. The number of benzene rings is 1. The number of nitrogens with two attached hydrogens (primary N) is 1. The first-order chi connectivity index (χ1) is 6.54. The van der Waals surface area contributed by atoms with Crippen LogP contribution in [0.4, 0.5) is 0 Å². The van der Waals surface area contributed by atoms with Crippen LogP contribution in [0.5, 0.6) is 0 Å². The SMILES string of the molecule is CSc1cc(Cl)cc(C(N)C(=O)O)c1. The fraction of sp³-hybridized carbons (Fsp3) is 0.222. The minimum atomic E-state index is -1.06. The number of hydrogen-bond acceptors (Lipinski definition) is 3. The number of carboxylic acid groups (broad SMARTS) is 1. The second kappa shape index (κ2) is 4.68. The van der Waals surface area contributed by atoms with Crippen molar-refractivity contribution in [2.24, 2.45) is 5.73 Å². The van der Waals surface area contributed by atoms with Crippen molar-refractivity contribution in [1.29, 1.82) is 0 Å². The number of hydrogen-bond donors (Lipinski definition) is 2. The van der Waals surface area contributed by atoms with Gasteiger partial charge in [0.25, 0.3) is 0 Å². The average molecular weight is 232 g/mol. The van der Waals surface area contributed by atoms with Crippen molar-refractivity contribution in [2.45, 2.75) is 10.9 Å². The molecule has 0 heterocycles. The zero-order valence-corrected chi connectivity index (χ0v) is 9.10. The lowest BCUT2D eigenvalue weighted by molar-refractivity contribution is -0.138. The zero-order valence-electron chi connectivity index (χ0n) is 7.53. The highest BCUT2D eigenvalue weighted by Gasteiger charge is 2.15. The highest BCUT2D eigenvalue weighted by Crippen LogP contribution is 2.24. The quantitative estimate of drug-likeness (QED) is 0.783. The Bertz CT molecular complexity index is 357. The molecule has 1 rings (SSSR count). The van der Waals surface area contributed by atoms with Gasteiger partial charge in [-0.2, -0.15) is 0 Å². The van der Waals surface area contributed by atoms with E-state index in [1.54, 1.807) is 18.2 Å². The first-order valence-corrected chi connectivity index (χ1v) is 5.47. The fourth-order valence-electron chi connectivity index (χ4n) is 1.02. The molecule has 1 atom stereocenters. The van der Waals surface area contributed by atoms with Gasteiger partial charge in [0.15, 0.2) is 0 Å². The molecule has 0 saturated carbocycles. The molecule has 0 saturated heterocycles. The molecule has 0 spiro atoms. The van der Waals surface area contributed by atoms with Crippen LogP contribution in [0.25, 0.3) is 0 Å². The van der Waals surface area contributed by atoms with Crippen LogP contribution in [-0.4, -0.2) is 17.3 Å². The van der Waals surface area contributed by atoms with Crippen molar-refractivity contribution < 1.29 is 9.90 Å². The van der Waals surface area contributed by atoms with Gasteiger partial charge >= 0.3 is 5.97 Å². The van der Waals surface area contributed by atoms with Crippen LogP contribution in [0.1, 0.15) is 11.6 Å². The van der Waals surface area contributed by atoms with Crippen LogP contribution in [0.3, 0.4) is 0 Å². The molecule has 1 unspecified atom stereocenters. The maximum Gasteiger partial charge on any atom is 0.325 e. The Morgan fingerprint density at radius 2 is 2.21 bits per heavy atom. The molecular weight excluding hydrogens is 222 g/mol. The maximum absolute atomic E-state index is 10.6. The second-order valence-corrected chi connectivity index (χ2v) is 4.06. The van der Waals surface area contributed by atoms with Gasteiger partial charge in [-0.25, -0.2) is 0 Å². The molecule has 76 valence electrons. The molecule has 0 aliphatic rings. The van der Waals surface area contributed by atoms with Gasteiger partial charge < -0.3 is 10.8 Å². The monoisotopic (exact) mass is 231 g/mol. The highest BCUT2D eigenvalue weighted by atomic mass is 35.5. The predicted molar refractivity (Wildman–Crippen MR) is 57.8 cm³/mol. The summed E-state index contributed by atoms with van der Waals surface area (Å²) in [7, 11) is 0. The zero-order chi connectivity index (χ0) is 10.7. The van der Waals surface area contributed by atoms with Crippen molar-refractivity contribution in [1.82, 2.24) is 0 Å². The number of carbonyl (C=O) groups is 1. The van der Waals surface area contributed by atoms with Crippen molar-refractivity contribution in [3.8, 4) is 0 Å². The lowest BCUT2D eigenvalue weighted by atomic mass is 10.1. The van der Waals surface area contributed by atoms with Gasteiger partial charge in [-0.05, 0) is 30.0 Å². The van der Waals surface area contributed by atoms with Gasteiger partial charge in [0.1, 0.15) is 6.04 Å². The van der Waals surface area contributed by atoms with E-state index in [1.807, 2.05) is 6.26 Å². The van der Waals surface area contributed by atoms with E-state index in [9.17, 15) is 4.79 Å². The summed E-state index contributed by atoms with van der Waals surface area (Å²) in [5.74, 6) is -1.06. The van der Waals surface area contributed by atoms with Gasteiger partial charge in [0.2, 0.25) is 0 Å². The molecule has 1 aromatic carbocycles. The molecule has 0 aromatic heterocycles. The van der Waals surface area contributed by atoms with E-state index in [-0.39, 0.29) is 0 Å². The number of carboxylic acids is 1. The second-order valence-electron chi connectivity index (χ2n) is 2.74. The first kappa shape index (κ1) is 11.4. The van der Waals surface area contributed by atoms with E-state index < -0.39 is 12.0 Å². The molecule has 3 N–H and O–H groups in total. The van der Waals surface area contributed by atoms with Crippen molar-refractivity contribution >= 4 is 29.3 Å². The smallest absolute Gasteiger partial charge is 0.325 e. The summed E-state index contributed by atoms with van der Waals surface area (Å²) in [5.41, 5.74) is 5.99. The van der Waals surface area contributed by atoms with Gasteiger partial charge in [-0.3, -0.25) is 4.79 Å². The Labute approximate surface area is 91.2 Å². The standard InChI is InChI=1S/C9H10ClNO2S/c1-14-7-3-5(2-6(10)4-7)8(11)9(12)13/h2-4,8H,11H2,1H3,(H,12,13). The average Bonchev–Trinajstić information content (AvgIpc) is 2.15. The lowest BCUT2D eigenvalue weighted by Crippen LogP contribution is -2.20. The van der Waals surface area contributed by atoms with Crippen LogP contribution in [0.2, 0.25) is 5.02 Å². The Morgan fingerprint density at radius 3 is 2.71 bits per heavy atom. The molecule has 0 radical (unpaired) electrons.